The zero-order valence-electron chi connectivity index (χ0n) is 14.5. The van der Waals surface area contributed by atoms with E-state index in [0.717, 1.165) is 6.42 Å². The Kier molecular flexibility index (Phi) is 5.76. The van der Waals surface area contributed by atoms with Crippen LogP contribution in [-0.2, 0) is 13.6 Å². The summed E-state index contributed by atoms with van der Waals surface area (Å²) in [5, 5.41) is 12.3. The molecule has 9 heteroatoms. The van der Waals surface area contributed by atoms with Gasteiger partial charge < -0.3 is 10.4 Å². The van der Waals surface area contributed by atoms with Crippen LogP contribution in [-0.4, -0.2) is 42.9 Å². The Balaban J connectivity index is 2.07. The first-order chi connectivity index (χ1) is 12.4. The summed E-state index contributed by atoms with van der Waals surface area (Å²) in [5.41, 5.74) is -0.0508. The Hall–Kier alpha value is -1.74. The number of fused-ring (bicyclic) bond motifs is 1. The van der Waals surface area contributed by atoms with Gasteiger partial charge in [-0.2, -0.15) is 0 Å². The van der Waals surface area contributed by atoms with E-state index in [1.54, 1.807) is 7.05 Å². The molecule has 2 aromatic rings. The van der Waals surface area contributed by atoms with Crippen molar-refractivity contribution in [2.45, 2.75) is 49.3 Å². The molecule has 0 amide bonds. The number of aryl methyl sites for hydroxylation is 2. The molecule has 1 aliphatic rings. The molecule has 1 saturated carbocycles. The molecule has 142 valence electrons. The van der Waals surface area contributed by atoms with Crippen LogP contribution in [0.2, 0.25) is 0 Å². The van der Waals surface area contributed by atoms with Gasteiger partial charge in [0.25, 0.3) is 11.1 Å². The van der Waals surface area contributed by atoms with Gasteiger partial charge in [0.15, 0.2) is 5.65 Å². The van der Waals surface area contributed by atoms with E-state index in [1.165, 1.54) is 21.5 Å². The predicted octanol–water partition coefficient (Wildman–Crippen LogP) is 1.54. The lowest BCUT2D eigenvalue weighted by Crippen LogP contribution is -2.38. The molecule has 0 saturated heterocycles. The lowest BCUT2D eigenvalue weighted by atomic mass is 9.93. The van der Waals surface area contributed by atoms with Crippen LogP contribution >= 0.6 is 15.9 Å². The predicted molar refractivity (Wildman–Crippen MR) is 102 cm³/mol. The van der Waals surface area contributed by atoms with Gasteiger partial charge in [-0.25, -0.2) is 9.37 Å². The van der Waals surface area contributed by atoms with Crippen molar-refractivity contribution in [2.24, 2.45) is 7.05 Å². The van der Waals surface area contributed by atoms with Crippen molar-refractivity contribution >= 4 is 32.7 Å². The summed E-state index contributed by atoms with van der Waals surface area (Å²) in [6.45, 7) is 0.281. The molecule has 0 radical (unpaired) electrons. The molecular formula is C17H22BrFN4O3. The van der Waals surface area contributed by atoms with Crippen molar-refractivity contribution < 1.29 is 9.50 Å². The number of nitrogens with zero attached hydrogens (tertiary/aromatic N) is 3. The molecule has 2 N–H and O–H groups in total. The first-order valence-electron chi connectivity index (χ1n) is 8.67. The zero-order chi connectivity index (χ0) is 18.8. The highest BCUT2D eigenvalue weighted by Crippen LogP contribution is 2.29. The van der Waals surface area contributed by atoms with Gasteiger partial charge in [-0.05, 0) is 25.7 Å². The van der Waals surface area contributed by atoms with Gasteiger partial charge in [0.2, 0.25) is 0 Å². The van der Waals surface area contributed by atoms with Crippen molar-refractivity contribution in [1.82, 2.24) is 14.1 Å². The minimum absolute atomic E-state index is 0.0395. The van der Waals surface area contributed by atoms with Crippen LogP contribution in [0.25, 0.3) is 11.0 Å². The number of halogens is 2. The number of hydrogen-bond donors (Lipinski definition) is 2. The largest absolute Gasteiger partial charge is 0.396 e. The molecule has 2 heterocycles. The fourth-order valence-corrected chi connectivity index (χ4v) is 3.93. The van der Waals surface area contributed by atoms with Gasteiger partial charge in [-0.1, -0.05) is 15.9 Å². The molecule has 3 atom stereocenters. The Morgan fingerprint density at radius 3 is 2.88 bits per heavy atom. The van der Waals surface area contributed by atoms with Crippen molar-refractivity contribution in [3.63, 3.8) is 0 Å². The van der Waals surface area contributed by atoms with E-state index < -0.39 is 12.2 Å². The molecule has 0 aromatic carbocycles. The fraction of sp³-hybridized carbons (Fsp3) is 0.588. The summed E-state index contributed by atoms with van der Waals surface area (Å²) in [7, 11) is 1.55. The van der Waals surface area contributed by atoms with Crippen LogP contribution in [0.1, 0.15) is 25.7 Å². The van der Waals surface area contributed by atoms with Crippen LogP contribution in [0.4, 0.5) is 10.1 Å². The second kappa shape index (κ2) is 7.87. The first kappa shape index (κ1) is 19.0. The lowest BCUT2D eigenvalue weighted by molar-refractivity contribution is 0.236. The summed E-state index contributed by atoms with van der Waals surface area (Å²) in [5.74, 6) is 0. The third kappa shape index (κ3) is 3.68. The molecule has 3 unspecified atom stereocenters. The molecule has 1 aliphatic carbocycles. The zero-order valence-corrected chi connectivity index (χ0v) is 16.1. The van der Waals surface area contributed by atoms with E-state index in [1.807, 2.05) is 0 Å². The van der Waals surface area contributed by atoms with E-state index >= 15 is 0 Å². The van der Waals surface area contributed by atoms with Crippen molar-refractivity contribution in [2.75, 3.05) is 11.9 Å². The molecule has 0 bridgehead atoms. The number of nitrogens with one attached hydrogen (secondary N) is 1. The molecule has 7 nitrogen and oxygen atoms in total. The number of alkyl halides is 2. The average Bonchev–Trinajstić information content (AvgIpc) is 2.60. The van der Waals surface area contributed by atoms with Gasteiger partial charge in [0.05, 0.1) is 18.1 Å². The van der Waals surface area contributed by atoms with Gasteiger partial charge in [-0.15, -0.1) is 0 Å². The number of rotatable bonds is 5. The number of pyridine rings is 1. The summed E-state index contributed by atoms with van der Waals surface area (Å²) in [6, 6.07) is 0.874. The molecule has 26 heavy (non-hydrogen) atoms. The lowest BCUT2D eigenvalue weighted by Gasteiger charge is -2.30. The summed E-state index contributed by atoms with van der Waals surface area (Å²) in [4.78, 5) is 29.5. The van der Waals surface area contributed by atoms with E-state index in [9.17, 15) is 14.0 Å². The maximum Gasteiger partial charge on any atom is 0.264 e. The number of aliphatic hydroxyl groups excluding tert-OH is 1. The number of hydrogen-bond acceptors (Lipinski definition) is 5. The molecule has 0 aliphatic heterocycles. The maximum atomic E-state index is 14.4. The van der Waals surface area contributed by atoms with E-state index in [0.29, 0.717) is 31.5 Å². The Morgan fingerprint density at radius 1 is 1.42 bits per heavy atom. The average molecular weight is 429 g/mol. The molecule has 0 spiro atoms. The summed E-state index contributed by atoms with van der Waals surface area (Å²) < 4.78 is 17.1. The Labute approximate surface area is 158 Å². The minimum atomic E-state index is -1.07. The van der Waals surface area contributed by atoms with E-state index in [4.69, 9.17) is 5.11 Å². The third-order valence-corrected chi connectivity index (χ3v) is 5.64. The molecular weight excluding hydrogens is 407 g/mol. The van der Waals surface area contributed by atoms with Crippen LogP contribution in [0.3, 0.4) is 0 Å². The topological polar surface area (TPSA) is 89.2 Å². The van der Waals surface area contributed by atoms with Crippen LogP contribution in [0.5, 0.6) is 0 Å². The monoisotopic (exact) mass is 428 g/mol. The van der Waals surface area contributed by atoms with Crippen LogP contribution in [0, 0.1) is 0 Å². The second-order valence-corrected chi connectivity index (χ2v) is 7.95. The second-order valence-electron chi connectivity index (χ2n) is 6.65. The quantitative estimate of drug-likeness (QED) is 0.705. The van der Waals surface area contributed by atoms with Gasteiger partial charge >= 0.3 is 0 Å². The first-order valence-corrected chi connectivity index (χ1v) is 9.58. The third-order valence-electron chi connectivity index (χ3n) is 4.81. The van der Waals surface area contributed by atoms with Gasteiger partial charge in [0, 0.05) is 31.1 Å². The van der Waals surface area contributed by atoms with Gasteiger partial charge in [0.1, 0.15) is 11.6 Å². The highest BCUT2D eigenvalue weighted by Gasteiger charge is 2.30. The molecule has 2 aromatic heterocycles. The highest BCUT2D eigenvalue weighted by atomic mass is 79.9. The number of anilines is 1. The molecule has 3 rings (SSSR count). The van der Waals surface area contributed by atoms with Crippen LogP contribution in [0.15, 0.2) is 22.0 Å². The standard InChI is InChI=1S/C17H22BrFN4O3/c1-22-14(25)8-13(21-12-4-3-10(18)7-11(12)19)15-16(22)20-9-23(17(15)26)5-2-6-24/h8-12,21,24H,2-7H2,1H3. The smallest absolute Gasteiger partial charge is 0.264 e. The van der Waals surface area contributed by atoms with E-state index in [-0.39, 0.29) is 33.6 Å². The minimum Gasteiger partial charge on any atom is -0.396 e. The van der Waals surface area contributed by atoms with Crippen molar-refractivity contribution in [3.05, 3.63) is 33.1 Å². The SMILES string of the molecule is Cn1c(=O)cc(NC2CCC(Br)CC2F)c2c(=O)n(CCCO)cnc21. The van der Waals surface area contributed by atoms with Crippen molar-refractivity contribution in [1.29, 1.82) is 0 Å². The van der Waals surface area contributed by atoms with E-state index in [2.05, 4.69) is 26.2 Å². The van der Waals surface area contributed by atoms with Crippen molar-refractivity contribution in [3.8, 4) is 0 Å². The Bertz CT molecular complexity index is 913. The maximum absolute atomic E-state index is 14.4. The fourth-order valence-electron chi connectivity index (χ4n) is 3.31. The number of aromatic nitrogens is 3. The molecule has 1 fully saturated rings. The highest BCUT2D eigenvalue weighted by molar-refractivity contribution is 9.09. The van der Waals surface area contributed by atoms with Gasteiger partial charge in [-0.3, -0.25) is 18.7 Å². The summed E-state index contributed by atoms with van der Waals surface area (Å²) in [6.07, 6.45) is 2.54. The Morgan fingerprint density at radius 2 is 2.19 bits per heavy atom. The normalized spacial score (nSPS) is 23.3. The van der Waals surface area contributed by atoms with Crippen LogP contribution < -0.4 is 16.4 Å². The summed E-state index contributed by atoms with van der Waals surface area (Å²) >= 11 is 3.44. The number of aliphatic hydroxyl groups is 1.